The molecule has 0 saturated heterocycles. The van der Waals surface area contributed by atoms with Crippen LogP contribution in [0.1, 0.15) is 16.7 Å². The summed E-state index contributed by atoms with van der Waals surface area (Å²) in [7, 11) is 0. The van der Waals surface area contributed by atoms with Gasteiger partial charge in [0.2, 0.25) is 0 Å². The van der Waals surface area contributed by atoms with Gasteiger partial charge in [-0.05, 0) is 48.9 Å². The number of hydrogen-bond acceptors (Lipinski definition) is 2. The molecule has 0 aliphatic rings. The number of para-hydroxylation sites is 1. The molecule has 0 amide bonds. The Hall–Kier alpha value is -4.18. The third-order valence-electron chi connectivity index (χ3n) is 5.75. The third-order valence-corrected chi connectivity index (χ3v) is 5.75. The molecule has 0 aliphatic carbocycles. The maximum absolute atomic E-state index is 15.0. The Morgan fingerprint density at radius 1 is 0.758 bits per heavy atom. The fourth-order valence-corrected chi connectivity index (χ4v) is 4.07. The first-order chi connectivity index (χ1) is 16.1. The van der Waals surface area contributed by atoms with Crippen molar-refractivity contribution in [3.05, 3.63) is 126 Å². The molecule has 0 radical (unpaired) electrons. The highest BCUT2D eigenvalue weighted by Gasteiger charge is 2.23. The molecule has 0 saturated carbocycles. The first-order valence-electron chi connectivity index (χ1n) is 10.9. The molecule has 5 rings (SSSR count). The van der Waals surface area contributed by atoms with E-state index in [2.05, 4.69) is 36.4 Å². The van der Waals surface area contributed by atoms with Crippen LogP contribution in [-0.4, -0.2) is 14.9 Å². The van der Waals surface area contributed by atoms with E-state index in [0.717, 1.165) is 39.2 Å². The van der Waals surface area contributed by atoms with E-state index in [0.29, 0.717) is 12.1 Å². The maximum atomic E-state index is 15.0. The van der Waals surface area contributed by atoms with Crippen molar-refractivity contribution in [2.45, 2.75) is 13.3 Å². The summed E-state index contributed by atoms with van der Waals surface area (Å²) in [5.41, 5.74) is 7.13. The Balaban J connectivity index is 1.82. The Kier molecular flexibility index (Phi) is 5.49. The van der Waals surface area contributed by atoms with E-state index in [1.807, 2.05) is 43.3 Å². The molecule has 5 aromatic rings. The number of aromatic hydroxyl groups is 1. The van der Waals surface area contributed by atoms with Crippen molar-refractivity contribution in [1.29, 1.82) is 0 Å². The van der Waals surface area contributed by atoms with E-state index in [1.54, 1.807) is 28.9 Å². The predicted octanol–water partition coefficient (Wildman–Crippen LogP) is 6.95. The zero-order chi connectivity index (χ0) is 22.8. The van der Waals surface area contributed by atoms with Crippen molar-refractivity contribution in [1.82, 2.24) is 9.78 Å². The van der Waals surface area contributed by atoms with Crippen LogP contribution in [0.15, 0.2) is 103 Å². The minimum absolute atomic E-state index is 0.190. The van der Waals surface area contributed by atoms with Gasteiger partial charge < -0.3 is 5.11 Å². The summed E-state index contributed by atoms with van der Waals surface area (Å²) in [6, 6.07) is 32.1. The molecule has 3 nitrogen and oxygen atoms in total. The van der Waals surface area contributed by atoms with Crippen molar-refractivity contribution in [3.8, 4) is 34.0 Å². The van der Waals surface area contributed by atoms with Gasteiger partial charge in [0.1, 0.15) is 17.3 Å². The van der Waals surface area contributed by atoms with E-state index in [1.165, 1.54) is 6.07 Å². The number of aryl methyl sites for hydroxylation is 1. The van der Waals surface area contributed by atoms with Crippen molar-refractivity contribution in [2.75, 3.05) is 0 Å². The van der Waals surface area contributed by atoms with Gasteiger partial charge >= 0.3 is 0 Å². The normalized spacial score (nSPS) is 11.0. The Bertz CT molecular complexity index is 1390. The number of hydrogen-bond donors (Lipinski definition) is 1. The molecule has 4 aromatic carbocycles. The van der Waals surface area contributed by atoms with Crippen molar-refractivity contribution >= 4 is 0 Å². The minimum atomic E-state index is -0.336. The van der Waals surface area contributed by atoms with Crippen molar-refractivity contribution < 1.29 is 9.50 Å². The topological polar surface area (TPSA) is 38.1 Å². The first-order valence-corrected chi connectivity index (χ1v) is 10.9. The van der Waals surface area contributed by atoms with Gasteiger partial charge in [-0.1, -0.05) is 72.3 Å². The smallest absolute Gasteiger partial charge is 0.148 e. The molecule has 0 bridgehead atoms. The van der Waals surface area contributed by atoms with Gasteiger partial charge in [0.05, 0.1) is 11.4 Å². The summed E-state index contributed by atoms with van der Waals surface area (Å²) >= 11 is 0. The average molecular weight is 435 g/mol. The van der Waals surface area contributed by atoms with E-state index in [-0.39, 0.29) is 11.6 Å². The number of phenols is 1. The van der Waals surface area contributed by atoms with Gasteiger partial charge in [-0.15, -0.1) is 0 Å². The lowest BCUT2D eigenvalue weighted by molar-refractivity contribution is 0.475. The number of aromatic nitrogens is 2. The molecule has 1 N–H and O–H groups in total. The standard InChI is InChI=1S/C29H23FN2O/c1-20-11-13-23(14-12-20)29-25(19-21-7-3-2-4-8-21)28(22-15-17-24(33)18-16-22)31-32(29)27-10-6-5-9-26(27)30/h2-18,33H,19H2,1H3. The average Bonchev–Trinajstić information content (AvgIpc) is 3.20. The van der Waals surface area contributed by atoms with Gasteiger partial charge in [0.25, 0.3) is 0 Å². The first kappa shape index (κ1) is 20.7. The second-order valence-corrected chi connectivity index (χ2v) is 8.11. The largest absolute Gasteiger partial charge is 0.508 e. The van der Waals surface area contributed by atoms with Crippen LogP contribution in [0.4, 0.5) is 4.39 Å². The van der Waals surface area contributed by atoms with Gasteiger partial charge in [0.15, 0.2) is 0 Å². The molecular formula is C29H23FN2O. The molecule has 0 fully saturated rings. The van der Waals surface area contributed by atoms with Crippen LogP contribution in [0.3, 0.4) is 0 Å². The quantitative estimate of drug-likeness (QED) is 0.325. The third kappa shape index (κ3) is 4.15. The fraction of sp³-hybridized carbons (Fsp3) is 0.0690. The molecule has 0 aliphatic heterocycles. The number of nitrogens with zero attached hydrogens (tertiary/aromatic N) is 2. The molecule has 33 heavy (non-hydrogen) atoms. The molecule has 0 spiro atoms. The van der Waals surface area contributed by atoms with E-state index in [4.69, 9.17) is 5.10 Å². The summed E-state index contributed by atoms with van der Waals surface area (Å²) in [5, 5.41) is 14.7. The van der Waals surface area contributed by atoms with Crippen LogP contribution in [0.25, 0.3) is 28.2 Å². The molecule has 0 unspecified atom stereocenters. The van der Waals surface area contributed by atoms with Crippen LogP contribution in [0.5, 0.6) is 5.75 Å². The van der Waals surface area contributed by atoms with Gasteiger partial charge in [-0.2, -0.15) is 5.10 Å². The van der Waals surface area contributed by atoms with Gasteiger partial charge in [0, 0.05) is 23.1 Å². The number of halogens is 1. The lowest BCUT2D eigenvalue weighted by Crippen LogP contribution is -2.03. The second-order valence-electron chi connectivity index (χ2n) is 8.11. The Labute approximate surface area is 192 Å². The van der Waals surface area contributed by atoms with Crippen molar-refractivity contribution in [2.24, 2.45) is 0 Å². The van der Waals surface area contributed by atoms with Crippen molar-refractivity contribution in [3.63, 3.8) is 0 Å². The van der Waals surface area contributed by atoms with E-state index < -0.39 is 0 Å². The molecule has 4 heteroatoms. The zero-order valence-electron chi connectivity index (χ0n) is 18.2. The molecule has 1 aromatic heterocycles. The number of phenolic OH excluding ortho intramolecular Hbond substituents is 1. The second kappa shape index (κ2) is 8.75. The summed E-state index contributed by atoms with van der Waals surface area (Å²) in [6.45, 7) is 2.05. The fourth-order valence-electron chi connectivity index (χ4n) is 4.07. The van der Waals surface area contributed by atoms with E-state index >= 15 is 0 Å². The Morgan fingerprint density at radius 3 is 2.09 bits per heavy atom. The van der Waals surface area contributed by atoms with Gasteiger partial charge in [-0.25, -0.2) is 9.07 Å². The highest BCUT2D eigenvalue weighted by Crippen LogP contribution is 2.37. The summed E-state index contributed by atoms with van der Waals surface area (Å²) in [5.74, 6) is -0.146. The lowest BCUT2D eigenvalue weighted by Gasteiger charge is -2.12. The zero-order valence-corrected chi connectivity index (χ0v) is 18.2. The van der Waals surface area contributed by atoms with Crippen LogP contribution >= 0.6 is 0 Å². The number of benzene rings is 4. The highest BCUT2D eigenvalue weighted by atomic mass is 19.1. The SMILES string of the molecule is Cc1ccc(-c2c(Cc3ccccc3)c(-c3ccc(O)cc3)nn2-c2ccccc2F)cc1. The molecule has 1 heterocycles. The van der Waals surface area contributed by atoms with Crippen LogP contribution in [-0.2, 0) is 6.42 Å². The van der Waals surface area contributed by atoms with Crippen LogP contribution in [0.2, 0.25) is 0 Å². The predicted molar refractivity (Wildman–Crippen MR) is 130 cm³/mol. The summed E-state index contributed by atoms with van der Waals surface area (Å²) in [6.07, 6.45) is 0.634. The Morgan fingerprint density at radius 2 is 1.39 bits per heavy atom. The highest BCUT2D eigenvalue weighted by molar-refractivity contribution is 5.77. The summed E-state index contributed by atoms with van der Waals surface area (Å²) < 4.78 is 16.7. The van der Waals surface area contributed by atoms with Crippen LogP contribution < -0.4 is 0 Å². The molecule has 0 atom stereocenters. The molecular weight excluding hydrogens is 411 g/mol. The van der Waals surface area contributed by atoms with E-state index in [9.17, 15) is 9.50 Å². The number of rotatable bonds is 5. The monoisotopic (exact) mass is 434 g/mol. The van der Waals surface area contributed by atoms with Crippen LogP contribution in [0, 0.1) is 12.7 Å². The summed E-state index contributed by atoms with van der Waals surface area (Å²) in [4.78, 5) is 0. The minimum Gasteiger partial charge on any atom is -0.508 e. The maximum Gasteiger partial charge on any atom is 0.148 e. The van der Waals surface area contributed by atoms with Gasteiger partial charge in [-0.3, -0.25) is 0 Å². The molecule has 162 valence electrons. The lowest BCUT2D eigenvalue weighted by atomic mass is 9.95.